The normalized spacial score (nSPS) is 15.6. The molecule has 0 aliphatic carbocycles. The molecule has 1 saturated heterocycles. The summed E-state index contributed by atoms with van der Waals surface area (Å²) in [7, 11) is 1.56. The van der Waals surface area contributed by atoms with Gasteiger partial charge in [-0.3, -0.25) is 14.4 Å². The number of benzene rings is 1. The second-order valence-corrected chi connectivity index (χ2v) is 8.89. The smallest absolute Gasteiger partial charge is 0.286 e. The molecular weight excluding hydrogens is 458 g/mol. The van der Waals surface area contributed by atoms with Crippen LogP contribution in [-0.4, -0.2) is 53.0 Å². The number of piperidine rings is 1. The van der Waals surface area contributed by atoms with Gasteiger partial charge in [0.15, 0.2) is 0 Å². The number of hydrogen-bond donors (Lipinski definition) is 2. The van der Waals surface area contributed by atoms with Gasteiger partial charge in [0.05, 0.1) is 19.6 Å². The number of aromatic nitrogens is 2. The number of nitrogens with one attached hydrogen (secondary N) is 2. The van der Waals surface area contributed by atoms with E-state index in [1.165, 1.54) is 0 Å². The summed E-state index contributed by atoms with van der Waals surface area (Å²) in [6.45, 7) is 2.96. The highest BCUT2D eigenvalue weighted by Gasteiger charge is 2.31. The van der Waals surface area contributed by atoms with Crippen molar-refractivity contribution < 1.29 is 23.5 Å². The predicted octanol–water partition coefficient (Wildman–Crippen LogP) is 2.87. The number of aryl methyl sites for hydroxylation is 1. The topological polar surface area (TPSA) is 127 Å². The van der Waals surface area contributed by atoms with Crippen molar-refractivity contribution in [1.29, 1.82) is 0 Å². The van der Waals surface area contributed by atoms with Crippen LogP contribution in [0.3, 0.4) is 0 Å². The van der Waals surface area contributed by atoms with Gasteiger partial charge in [0.1, 0.15) is 17.3 Å². The number of amides is 3. The first-order chi connectivity index (χ1) is 16.4. The van der Waals surface area contributed by atoms with Crippen LogP contribution in [0.25, 0.3) is 0 Å². The van der Waals surface area contributed by atoms with E-state index in [1.807, 2.05) is 19.1 Å². The summed E-state index contributed by atoms with van der Waals surface area (Å²) in [6.07, 6.45) is 1.39. The molecule has 3 aromatic rings. The molecule has 0 bridgehead atoms. The molecule has 1 atom stereocenters. The van der Waals surface area contributed by atoms with Gasteiger partial charge >= 0.3 is 0 Å². The van der Waals surface area contributed by atoms with Crippen LogP contribution in [0.2, 0.25) is 0 Å². The second-order valence-electron chi connectivity index (χ2n) is 7.92. The number of hydrogen-bond acceptors (Lipinski definition) is 8. The fourth-order valence-electron chi connectivity index (χ4n) is 3.67. The van der Waals surface area contributed by atoms with Crippen LogP contribution in [0.5, 0.6) is 5.75 Å². The van der Waals surface area contributed by atoms with E-state index in [4.69, 9.17) is 9.15 Å². The monoisotopic (exact) mass is 483 g/mol. The summed E-state index contributed by atoms with van der Waals surface area (Å²) in [5.74, 6) is 0.914. The molecule has 34 heavy (non-hydrogen) atoms. The first-order valence-corrected chi connectivity index (χ1v) is 11.7. The molecule has 10 nitrogen and oxygen atoms in total. The van der Waals surface area contributed by atoms with Crippen LogP contribution in [0.15, 0.2) is 40.8 Å². The minimum atomic E-state index is -0.453. The Bertz CT molecular complexity index is 1170. The van der Waals surface area contributed by atoms with Gasteiger partial charge in [-0.05, 0) is 56.2 Å². The zero-order valence-corrected chi connectivity index (χ0v) is 19.7. The van der Waals surface area contributed by atoms with E-state index in [-0.39, 0.29) is 34.3 Å². The van der Waals surface area contributed by atoms with Crippen molar-refractivity contribution in [3.8, 4) is 5.75 Å². The number of ether oxygens (including phenoxy) is 1. The van der Waals surface area contributed by atoms with Gasteiger partial charge in [0, 0.05) is 18.8 Å². The Morgan fingerprint density at radius 1 is 1.15 bits per heavy atom. The number of likely N-dealkylation sites (tertiary alicyclic amines) is 1. The molecule has 0 radical (unpaired) electrons. The molecule has 1 aliphatic rings. The van der Waals surface area contributed by atoms with Crippen molar-refractivity contribution in [3.05, 3.63) is 57.9 Å². The van der Waals surface area contributed by atoms with Crippen molar-refractivity contribution in [2.24, 2.45) is 5.92 Å². The number of anilines is 1. The van der Waals surface area contributed by atoms with Gasteiger partial charge in [-0.15, -0.1) is 10.2 Å². The minimum absolute atomic E-state index is 0.0826. The Labute approximate surface area is 200 Å². The van der Waals surface area contributed by atoms with Gasteiger partial charge in [0.2, 0.25) is 15.9 Å². The van der Waals surface area contributed by atoms with Gasteiger partial charge in [0.25, 0.3) is 11.8 Å². The first kappa shape index (κ1) is 23.4. The largest absolute Gasteiger partial charge is 0.497 e. The molecule has 1 fully saturated rings. The van der Waals surface area contributed by atoms with Gasteiger partial charge in [-0.2, -0.15) is 0 Å². The second kappa shape index (κ2) is 10.5. The third kappa shape index (κ3) is 5.60. The van der Waals surface area contributed by atoms with Gasteiger partial charge in [-0.25, -0.2) is 0 Å². The summed E-state index contributed by atoms with van der Waals surface area (Å²) in [5, 5.41) is 13.6. The fourth-order valence-corrected chi connectivity index (χ4v) is 4.38. The summed E-state index contributed by atoms with van der Waals surface area (Å²) in [5.41, 5.74) is 0.573. The Hall–Kier alpha value is -3.73. The van der Waals surface area contributed by atoms with E-state index in [2.05, 4.69) is 20.8 Å². The van der Waals surface area contributed by atoms with Crippen LogP contribution < -0.4 is 15.4 Å². The number of nitrogens with zero attached hydrogens (tertiary/aromatic N) is 3. The summed E-state index contributed by atoms with van der Waals surface area (Å²) in [4.78, 5) is 39.7. The highest BCUT2D eigenvalue weighted by atomic mass is 32.1. The molecule has 3 heterocycles. The molecule has 2 aromatic heterocycles. The van der Waals surface area contributed by atoms with Gasteiger partial charge < -0.3 is 24.7 Å². The molecule has 0 saturated carbocycles. The minimum Gasteiger partial charge on any atom is -0.497 e. The average molecular weight is 484 g/mol. The van der Waals surface area contributed by atoms with Crippen LogP contribution in [0.1, 0.15) is 44.0 Å². The van der Waals surface area contributed by atoms with Crippen LogP contribution in [0, 0.1) is 12.8 Å². The maximum absolute atomic E-state index is 13.0. The van der Waals surface area contributed by atoms with Crippen molar-refractivity contribution in [2.45, 2.75) is 26.3 Å². The third-order valence-electron chi connectivity index (χ3n) is 5.46. The predicted molar refractivity (Wildman–Crippen MR) is 125 cm³/mol. The Kier molecular flexibility index (Phi) is 7.21. The average Bonchev–Trinajstić information content (AvgIpc) is 3.52. The molecule has 3 amide bonds. The van der Waals surface area contributed by atoms with E-state index < -0.39 is 5.91 Å². The van der Waals surface area contributed by atoms with Crippen molar-refractivity contribution in [1.82, 2.24) is 20.4 Å². The van der Waals surface area contributed by atoms with Crippen molar-refractivity contribution in [3.63, 3.8) is 0 Å². The lowest BCUT2D eigenvalue weighted by atomic mass is 9.97. The van der Waals surface area contributed by atoms with Crippen molar-refractivity contribution in [2.75, 3.05) is 25.5 Å². The van der Waals surface area contributed by atoms with Crippen LogP contribution >= 0.6 is 11.3 Å². The van der Waals surface area contributed by atoms with Gasteiger partial charge in [-0.1, -0.05) is 11.3 Å². The number of methoxy groups -OCH3 is 1. The maximum Gasteiger partial charge on any atom is 0.286 e. The summed E-state index contributed by atoms with van der Waals surface area (Å²) < 4.78 is 10.6. The molecule has 1 aromatic carbocycles. The number of rotatable bonds is 7. The molecule has 11 heteroatoms. The molecule has 1 aliphatic heterocycles. The van der Waals surface area contributed by atoms with E-state index in [0.717, 1.165) is 17.1 Å². The van der Waals surface area contributed by atoms with E-state index in [9.17, 15) is 14.4 Å². The molecule has 0 spiro atoms. The standard InChI is InChI=1S/C23H25N5O5S/c1-14-5-8-18(33-14)12-24-19(29)15-4-3-11-28(13-15)23(31)22-27-26-21(34-22)20(30)25-16-6-9-17(32-2)10-7-16/h5-10,15H,3-4,11-13H2,1-2H3,(H,24,29)(H,25,30)/t15-/m0/s1. The zero-order valence-electron chi connectivity index (χ0n) is 18.9. The summed E-state index contributed by atoms with van der Waals surface area (Å²) >= 11 is 0.926. The quantitative estimate of drug-likeness (QED) is 0.529. The molecule has 0 unspecified atom stereocenters. The van der Waals surface area contributed by atoms with E-state index >= 15 is 0 Å². The lowest BCUT2D eigenvalue weighted by Gasteiger charge is -2.31. The fraction of sp³-hybridized carbons (Fsp3) is 0.348. The van der Waals surface area contributed by atoms with E-state index in [0.29, 0.717) is 43.1 Å². The molecule has 2 N–H and O–H groups in total. The SMILES string of the molecule is COc1ccc(NC(=O)c2nnc(C(=O)N3CCC[C@H](C(=O)NCc4ccc(C)o4)C3)s2)cc1. The van der Waals surface area contributed by atoms with Crippen molar-refractivity contribution >= 4 is 34.7 Å². The Morgan fingerprint density at radius 2 is 1.91 bits per heavy atom. The lowest BCUT2D eigenvalue weighted by Crippen LogP contribution is -2.45. The zero-order chi connectivity index (χ0) is 24.1. The highest BCUT2D eigenvalue weighted by Crippen LogP contribution is 2.22. The van der Waals surface area contributed by atoms with Crippen LogP contribution in [0.4, 0.5) is 5.69 Å². The molecule has 4 rings (SSSR count). The van der Waals surface area contributed by atoms with E-state index in [1.54, 1.807) is 36.3 Å². The summed E-state index contributed by atoms with van der Waals surface area (Å²) in [6, 6.07) is 10.5. The number of carbonyl (C=O) groups excluding carboxylic acids is 3. The lowest BCUT2D eigenvalue weighted by molar-refractivity contribution is -0.126. The third-order valence-corrected chi connectivity index (χ3v) is 6.37. The Morgan fingerprint density at radius 3 is 2.62 bits per heavy atom. The number of furan rings is 1. The van der Waals surface area contributed by atoms with Crippen LogP contribution in [-0.2, 0) is 11.3 Å². The Balaban J connectivity index is 1.33. The highest BCUT2D eigenvalue weighted by molar-refractivity contribution is 7.15. The molecule has 178 valence electrons. The first-order valence-electron chi connectivity index (χ1n) is 10.8. The maximum atomic E-state index is 13.0. The number of carbonyl (C=O) groups is 3. The molecular formula is C23H25N5O5S.